The van der Waals surface area contributed by atoms with Gasteiger partial charge in [-0.25, -0.2) is 0 Å². The van der Waals surface area contributed by atoms with Crippen molar-refractivity contribution in [3.63, 3.8) is 0 Å². The summed E-state index contributed by atoms with van der Waals surface area (Å²) < 4.78 is 19.2. The Balaban J connectivity index is 1.31. The van der Waals surface area contributed by atoms with Gasteiger partial charge in [0.2, 0.25) is 0 Å². The minimum atomic E-state index is -1.20. The van der Waals surface area contributed by atoms with Crippen molar-refractivity contribution in [2.24, 2.45) is 0 Å². The van der Waals surface area contributed by atoms with Crippen LogP contribution >= 0.6 is 15.9 Å². The van der Waals surface area contributed by atoms with Crippen LogP contribution in [0.5, 0.6) is 0 Å². The zero-order valence-electron chi connectivity index (χ0n) is 16.5. The lowest BCUT2D eigenvalue weighted by Gasteiger charge is -2.40. The summed E-state index contributed by atoms with van der Waals surface area (Å²) in [6.07, 6.45) is 6.62. The van der Waals surface area contributed by atoms with Crippen molar-refractivity contribution in [1.29, 1.82) is 0 Å². The van der Waals surface area contributed by atoms with Crippen LogP contribution in [0.15, 0.2) is 50.2 Å². The Morgan fingerprint density at radius 3 is 2.38 bits per heavy atom. The molecule has 2 aliphatic rings. The molecule has 1 saturated carbocycles. The summed E-state index contributed by atoms with van der Waals surface area (Å²) in [6.45, 7) is 3.38. The molecule has 1 aromatic carbocycles. The van der Waals surface area contributed by atoms with Crippen LogP contribution in [0.2, 0.25) is 0 Å². The molecule has 0 spiro atoms. The number of nitrogens with zero attached hydrogens (tertiary/aromatic N) is 2. The summed E-state index contributed by atoms with van der Waals surface area (Å²) in [7, 11) is -1.20. The molecule has 1 aliphatic carbocycles. The molecule has 4 rings (SSSR count). The van der Waals surface area contributed by atoms with Gasteiger partial charge in [-0.05, 0) is 49.2 Å². The standard InChI is InChI=1S/C22H27BrN2O3S/c23-17-6-9-20(10-7-17)29(27)16-19-8-11-21(28-19)22(26)25-14-12-24(13-15-25)18-4-2-1-3-5-18/h6-11,18H,1-5,12-16H2. The minimum absolute atomic E-state index is 0.0611. The highest BCUT2D eigenvalue weighted by Crippen LogP contribution is 2.24. The van der Waals surface area contributed by atoms with Gasteiger partial charge in [0.05, 0.1) is 16.6 Å². The summed E-state index contributed by atoms with van der Waals surface area (Å²) in [4.78, 5) is 18.0. The molecule has 1 atom stereocenters. The average Bonchev–Trinajstić information content (AvgIpc) is 3.23. The first kappa shape index (κ1) is 20.8. The van der Waals surface area contributed by atoms with Gasteiger partial charge in [0.1, 0.15) is 5.76 Å². The fourth-order valence-corrected chi connectivity index (χ4v) is 5.55. The Kier molecular flexibility index (Phi) is 6.88. The lowest BCUT2D eigenvalue weighted by molar-refractivity contribution is 0.0496. The fraction of sp³-hybridized carbons (Fsp3) is 0.500. The second-order valence-electron chi connectivity index (χ2n) is 7.83. The fourth-order valence-electron chi connectivity index (χ4n) is 4.26. The van der Waals surface area contributed by atoms with Gasteiger partial charge in [0.25, 0.3) is 5.91 Å². The molecule has 0 radical (unpaired) electrons. The summed E-state index contributed by atoms with van der Waals surface area (Å²) >= 11 is 3.38. The molecule has 1 aliphatic heterocycles. The molecule has 29 heavy (non-hydrogen) atoms. The first-order chi connectivity index (χ1) is 14.1. The van der Waals surface area contributed by atoms with Gasteiger partial charge in [-0.3, -0.25) is 13.9 Å². The van der Waals surface area contributed by atoms with Crippen LogP contribution in [0.1, 0.15) is 48.4 Å². The van der Waals surface area contributed by atoms with Crippen molar-refractivity contribution in [2.75, 3.05) is 26.2 Å². The molecule has 2 heterocycles. The van der Waals surface area contributed by atoms with E-state index in [9.17, 15) is 9.00 Å². The maximum atomic E-state index is 12.8. The normalized spacial score (nSPS) is 20.0. The van der Waals surface area contributed by atoms with Gasteiger partial charge in [-0.2, -0.15) is 0 Å². The summed E-state index contributed by atoms with van der Waals surface area (Å²) in [5.74, 6) is 1.13. The molecule has 1 unspecified atom stereocenters. The van der Waals surface area contributed by atoms with Gasteiger partial charge < -0.3 is 9.32 Å². The lowest BCUT2D eigenvalue weighted by atomic mass is 9.94. The van der Waals surface area contributed by atoms with Crippen molar-refractivity contribution in [1.82, 2.24) is 9.80 Å². The highest BCUT2D eigenvalue weighted by Gasteiger charge is 2.28. The molecular formula is C22H27BrN2O3S. The SMILES string of the molecule is O=C(c1ccc(CS(=O)c2ccc(Br)cc2)o1)N1CCN(C2CCCCC2)CC1. The van der Waals surface area contributed by atoms with Crippen LogP contribution in [0.4, 0.5) is 0 Å². The molecular weight excluding hydrogens is 452 g/mol. The summed E-state index contributed by atoms with van der Waals surface area (Å²) in [5.41, 5.74) is 0. The smallest absolute Gasteiger partial charge is 0.289 e. The van der Waals surface area contributed by atoms with Crippen molar-refractivity contribution >= 4 is 32.6 Å². The number of furan rings is 1. The summed E-state index contributed by atoms with van der Waals surface area (Å²) in [5, 5.41) is 0. The number of hydrogen-bond acceptors (Lipinski definition) is 4. The van der Waals surface area contributed by atoms with Crippen LogP contribution in [-0.2, 0) is 16.6 Å². The Morgan fingerprint density at radius 2 is 1.69 bits per heavy atom. The van der Waals surface area contributed by atoms with Crippen molar-refractivity contribution in [2.45, 2.75) is 48.8 Å². The Morgan fingerprint density at radius 1 is 1.00 bits per heavy atom. The first-order valence-electron chi connectivity index (χ1n) is 10.4. The molecule has 1 amide bonds. The van der Waals surface area contributed by atoms with Crippen LogP contribution in [0.3, 0.4) is 0 Å². The van der Waals surface area contributed by atoms with Crippen LogP contribution in [0, 0.1) is 0 Å². The van der Waals surface area contributed by atoms with E-state index in [2.05, 4.69) is 20.8 Å². The molecule has 2 aromatic rings. The Bertz CT molecular complexity index is 853. The van der Waals surface area contributed by atoms with Gasteiger partial charge in [0.15, 0.2) is 5.76 Å². The third kappa shape index (κ3) is 5.19. The zero-order chi connectivity index (χ0) is 20.2. The molecule has 7 heteroatoms. The maximum Gasteiger partial charge on any atom is 0.289 e. The number of rotatable bonds is 5. The zero-order valence-corrected chi connectivity index (χ0v) is 18.9. The van der Waals surface area contributed by atoms with Gasteiger partial charge in [-0.1, -0.05) is 35.2 Å². The number of carbonyl (C=O) groups excluding carboxylic acids is 1. The topological polar surface area (TPSA) is 53.8 Å². The number of hydrogen-bond donors (Lipinski definition) is 0. The Labute approximate surface area is 183 Å². The van der Waals surface area contributed by atoms with E-state index < -0.39 is 10.8 Å². The molecule has 0 bridgehead atoms. The van der Waals surface area contributed by atoms with Gasteiger partial charge in [0, 0.05) is 41.6 Å². The molecule has 1 aromatic heterocycles. The second kappa shape index (κ2) is 9.58. The van der Waals surface area contributed by atoms with E-state index >= 15 is 0 Å². The predicted octanol–water partition coefficient (Wildman–Crippen LogP) is 4.44. The van der Waals surface area contributed by atoms with E-state index in [1.807, 2.05) is 29.2 Å². The van der Waals surface area contributed by atoms with E-state index in [1.165, 1.54) is 32.1 Å². The number of piperazine rings is 1. The van der Waals surface area contributed by atoms with Crippen molar-refractivity contribution in [3.8, 4) is 0 Å². The maximum absolute atomic E-state index is 12.8. The van der Waals surface area contributed by atoms with Crippen LogP contribution < -0.4 is 0 Å². The monoisotopic (exact) mass is 478 g/mol. The molecule has 2 fully saturated rings. The summed E-state index contributed by atoms with van der Waals surface area (Å²) in [6, 6.07) is 11.6. The minimum Gasteiger partial charge on any atom is -0.455 e. The first-order valence-corrected chi connectivity index (χ1v) is 12.5. The number of halogens is 1. The van der Waals surface area contributed by atoms with Gasteiger partial charge in [-0.15, -0.1) is 0 Å². The van der Waals surface area contributed by atoms with E-state index in [0.717, 1.165) is 35.5 Å². The van der Waals surface area contributed by atoms with Crippen molar-refractivity contribution < 1.29 is 13.4 Å². The molecule has 0 N–H and O–H groups in total. The third-order valence-electron chi connectivity index (χ3n) is 5.91. The molecule has 5 nitrogen and oxygen atoms in total. The van der Waals surface area contributed by atoms with Crippen LogP contribution in [0.25, 0.3) is 0 Å². The number of benzene rings is 1. The number of carbonyl (C=O) groups is 1. The predicted molar refractivity (Wildman–Crippen MR) is 117 cm³/mol. The van der Waals surface area contributed by atoms with Crippen LogP contribution in [-0.4, -0.2) is 52.1 Å². The number of amides is 1. The van der Waals surface area contributed by atoms with Crippen molar-refractivity contribution in [3.05, 3.63) is 52.4 Å². The molecule has 156 valence electrons. The Hall–Kier alpha value is -1.44. The van der Waals surface area contributed by atoms with E-state index in [-0.39, 0.29) is 11.7 Å². The molecule has 1 saturated heterocycles. The average molecular weight is 479 g/mol. The quantitative estimate of drug-likeness (QED) is 0.637. The van der Waals surface area contributed by atoms with E-state index in [1.54, 1.807) is 12.1 Å². The second-order valence-corrected chi connectivity index (χ2v) is 10.2. The lowest BCUT2D eigenvalue weighted by Crippen LogP contribution is -2.52. The van der Waals surface area contributed by atoms with Gasteiger partial charge >= 0.3 is 0 Å². The largest absolute Gasteiger partial charge is 0.455 e. The highest BCUT2D eigenvalue weighted by molar-refractivity contribution is 9.10. The third-order valence-corrected chi connectivity index (χ3v) is 7.79. The highest BCUT2D eigenvalue weighted by atomic mass is 79.9. The van der Waals surface area contributed by atoms with E-state index in [0.29, 0.717) is 17.6 Å². The van der Waals surface area contributed by atoms with E-state index in [4.69, 9.17) is 4.42 Å².